The van der Waals surface area contributed by atoms with Gasteiger partial charge in [-0.25, -0.2) is 4.39 Å². The molecular weight excluding hydrogens is 203 g/mol. The van der Waals surface area contributed by atoms with Crippen molar-refractivity contribution in [2.45, 2.75) is 20.8 Å². The highest BCUT2D eigenvalue weighted by atomic mass is 35.5. The first kappa shape index (κ1) is 11.1. The van der Waals surface area contributed by atoms with E-state index in [0.29, 0.717) is 16.0 Å². The van der Waals surface area contributed by atoms with Crippen LogP contribution in [0.25, 0.3) is 11.0 Å². The summed E-state index contributed by atoms with van der Waals surface area (Å²) in [5.74, 6) is -0.291. The Bertz CT molecular complexity index is 434. The summed E-state index contributed by atoms with van der Waals surface area (Å²) in [4.78, 5) is 0. The van der Waals surface area contributed by atoms with Crippen LogP contribution in [-0.2, 0) is 0 Å². The average molecular weight is 215 g/mol. The van der Waals surface area contributed by atoms with Gasteiger partial charge in [-0.1, -0.05) is 25.4 Å². The molecule has 76 valence electrons. The van der Waals surface area contributed by atoms with Gasteiger partial charge >= 0.3 is 0 Å². The van der Waals surface area contributed by atoms with Crippen molar-refractivity contribution in [3.8, 4) is 0 Å². The molecule has 0 amide bonds. The molecule has 0 atom stereocenters. The van der Waals surface area contributed by atoms with Crippen LogP contribution in [-0.4, -0.2) is 0 Å². The maximum absolute atomic E-state index is 13.1. The summed E-state index contributed by atoms with van der Waals surface area (Å²) < 4.78 is 18.2. The highest BCUT2D eigenvalue weighted by Gasteiger charge is 2.10. The monoisotopic (exact) mass is 214 g/mol. The highest BCUT2D eigenvalue weighted by Crippen LogP contribution is 2.29. The normalized spacial score (nSPS) is 9.79. The van der Waals surface area contributed by atoms with Gasteiger partial charge in [0.15, 0.2) is 5.58 Å². The first-order valence-electron chi connectivity index (χ1n) is 4.52. The molecule has 0 aliphatic carbocycles. The first-order valence-corrected chi connectivity index (χ1v) is 4.90. The van der Waals surface area contributed by atoms with E-state index in [1.165, 1.54) is 18.4 Å². The molecule has 0 radical (unpaired) electrons. The standard InChI is InChI=1S/C9H6ClFO.C2H6/c1-5-4-12-9-6(10)2-3-7(11)8(5)9;1-2/h2-4H,1H3;1-2H3. The molecule has 2 rings (SSSR count). The Balaban J connectivity index is 0.000000461. The number of fused-ring (bicyclic) bond motifs is 1. The Morgan fingerprint density at radius 3 is 2.50 bits per heavy atom. The fourth-order valence-corrected chi connectivity index (χ4v) is 1.42. The highest BCUT2D eigenvalue weighted by molar-refractivity contribution is 6.34. The number of hydrogen-bond acceptors (Lipinski definition) is 1. The lowest BCUT2D eigenvalue weighted by Gasteiger charge is -1.93. The van der Waals surface area contributed by atoms with Gasteiger partial charge in [0.1, 0.15) is 5.82 Å². The summed E-state index contributed by atoms with van der Waals surface area (Å²) >= 11 is 5.78. The van der Waals surface area contributed by atoms with Crippen LogP contribution in [0.4, 0.5) is 4.39 Å². The van der Waals surface area contributed by atoms with Crippen LogP contribution in [0.1, 0.15) is 19.4 Å². The topological polar surface area (TPSA) is 13.1 Å². The number of hydrogen-bond donors (Lipinski definition) is 0. The molecule has 14 heavy (non-hydrogen) atoms. The van der Waals surface area contributed by atoms with Gasteiger partial charge in [0.05, 0.1) is 16.7 Å². The van der Waals surface area contributed by atoms with Crippen LogP contribution in [0.5, 0.6) is 0 Å². The fourth-order valence-electron chi connectivity index (χ4n) is 1.22. The van der Waals surface area contributed by atoms with E-state index in [2.05, 4.69) is 0 Å². The lowest BCUT2D eigenvalue weighted by Crippen LogP contribution is -1.77. The Morgan fingerprint density at radius 1 is 1.29 bits per heavy atom. The molecule has 3 heteroatoms. The molecule has 0 bridgehead atoms. The van der Waals surface area contributed by atoms with Crippen molar-refractivity contribution in [1.82, 2.24) is 0 Å². The predicted octanol–water partition coefficient (Wildman–Crippen LogP) is 4.56. The smallest absolute Gasteiger partial charge is 0.155 e. The minimum atomic E-state index is -0.291. The Morgan fingerprint density at radius 2 is 1.93 bits per heavy atom. The predicted molar refractivity (Wildman–Crippen MR) is 57.3 cm³/mol. The van der Waals surface area contributed by atoms with Gasteiger partial charge in [-0.2, -0.15) is 0 Å². The van der Waals surface area contributed by atoms with E-state index >= 15 is 0 Å². The molecule has 1 nitrogen and oxygen atoms in total. The van der Waals surface area contributed by atoms with Gasteiger partial charge in [0.25, 0.3) is 0 Å². The lowest BCUT2D eigenvalue weighted by molar-refractivity contribution is 0.609. The summed E-state index contributed by atoms with van der Waals surface area (Å²) in [5.41, 5.74) is 1.19. The zero-order valence-electron chi connectivity index (χ0n) is 8.40. The fraction of sp³-hybridized carbons (Fsp3) is 0.273. The van der Waals surface area contributed by atoms with E-state index in [0.717, 1.165) is 5.56 Å². The number of furan rings is 1. The zero-order valence-corrected chi connectivity index (χ0v) is 9.15. The summed E-state index contributed by atoms with van der Waals surface area (Å²) in [6.45, 7) is 5.78. The molecule has 0 saturated carbocycles. The number of halogens is 2. The second kappa shape index (κ2) is 4.47. The summed E-state index contributed by atoms with van der Waals surface area (Å²) in [7, 11) is 0. The largest absolute Gasteiger partial charge is 0.462 e. The van der Waals surface area contributed by atoms with E-state index in [9.17, 15) is 4.39 Å². The third-order valence-electron chi connectivity index (χ3n) is 1.81. The molecule has 0 unspecified atom stereocenters. The molecule has 1 heterocycles. The quantitative estimate of drug-likeness (QED) is 0.627. The van der Waals surface area contributed by atoms with E-state index in [1.807, 2.05) is 13.8 Å². The van der Waals surface area contributed by atoms with Crippen LogP contribution >= 0.6 is 11.6 Å². The molecule has 0 aliphatic rings. The molecule has 0 aliphatic heterocycles. The second-order valence-corrected chi connectivity index (χ2v) is 3.06. The Hall–Kier alpha value is -1.02. The number of benzene rings is 1. The van der Waals surface area contributed by atoms with Crippen LogP contribution in [0, 0.1) is 12.7 Å². The summed E-state index contributed by atoms with van der Waals surface area (Å²) in [6, 6.07) is 2.83. The molecule has 0 fully saturated rings. The van der Waals surface area contributed by atoms with Crippen LogP contribution in [0.15, 0.2) is 22.8 Å². The van der Waals surface area contributed by atoms with Crippen molar-refractivity contribution in [2.75, 3.05) is 0 Å². The molecule has 0 spiro atoms. The van der Waals surface area contributed by atoms with Crippen molar-refractivity contribution in [1.29, 1.82) is 0 Å². The number of rotatable bonds is 0. The average Bonchev–Trinajstić information content (AvgIpc) is 2.59. The molecular formula is C11H12ClFO. The third-order valence-corrected chi connectivity index (χ3v) is 2.10. The van der Waals surface area contributed by atoms with Crippen molar-refractivity contribution in [3.63, 3.8) is 0 Å². The summed E-state index contributed by atoms with van der Waals surface area (Å²) in [5, 5.41) is 0.919. The van der Waals surface area contributed by atoms with E-state index in [1.54, 1.807) is 6.92 Å². The Labute approximate surface area is 87.5 Å². The number of aryl methyl sites for hydroxylation is 1. The molecule has 0 saturated heterocycles. The molecule has 0 N–H and O–H groups in total. The van der Waals surface area contributed by atoms with Gasteiger partial charge in [-0.15, -0.1) is 0 Å². The van der Waals surface area contributed by atoms with Gasteiger partial charge in [-0.05, 0) is 24.6 Å². The maximum Gasteiger partial charge on any atom is 0.155 e. The van der Waals surface area contributed by atoms with Crippen molar-refractivity contribution < 1.29 is 8.81 Å². The van der Waals surface area contributed by atoms with Gasteiger partial charge in [0, 0.05) is 0 Å². The van der Waals surface area contributed by atoms with Crippen LogP contribution in [0.3, 0.4) is 0 Å². The molecule has 2 aromatic rings. The van der Waals surface area contributed by atoms with Crippen molar-refractivity contribution >= 4 is 22.6 Å². The second-order valence-electron chi connectivity index (χ2n) is 2.65. The minimum absolute atomic E-state index is 0.291. The van der Waals surface area contributed by atoms with Crippen molar-refractivity contribution in [2.24, 2.45) is 0 Å². The summed E-state index contributed by atoms with van der Waals surface area (Å²) in [6.07, 6.45) is 1.50. The van der Waals surface area contributed by atoms with E-state index < -0.39 is 0 Å². The maximum atomic E-state index is 13.1. The van der Waals surface area contributed by atoms with E-state index in [4.69, 9.17) is 16.0 Å². The van der Waals surface area contributed by atoms with Crippen LogP contribution in [0.2, 0.25) is 5.02 Å². The zero-order chi connectivity index (χ0) is 10.7. The van der Waals surface area contributed by atoms with Gasteiger partial charge in [0.2, 0.25) is 0 Å². The first-order chi connectivity index (χ1) is 6.70. The SMILES string of the molecule is CC.Cc1coc2c(Cl)ccc(F)c12. The van der Waals surface area contributed by atoms with Crippen molar-refractivity contribution in [3.05, 3.63) is 34.8 Å². The van der Waals surface area contributed by atoms with Gasteiger partial charge in [-0.3, -0.25) is 0 Å². The molecule has 1 aromatic carbocycles. The molecule has 1 aromatic heterocycles. The minimum Gasteiger partial charge on any atom is -0.462 e. The lowest BCUT2D eigenvalue weighted by atomic mass is 10.2. The Kier molecular flexibility index (Phi) is 3.53. The van der Waals surface area contributed by atoms with Gasteiger partial charge < -0.3 is 4.42 Å². The van der Waals surface area contributed by atoms with E-state index in [-0.39, 0.29) is 5.82 Å². The van der Waals surface area contributed by atoms with Crippen LogP contribution < -0.4 is 0 Å². The third kappa shape index (κ3) is 1.75.